The fourth-order valence-corrected chi connectivity index (χ4v) is 3.55. The molecule has 2 heterocycles. The Bertz CT molecular complexity index is 530. The zero-order chi connectivity index (χ0) is 16.8. The maximum atomic E-state index is 12.2. The van der Waals surface area contributed by atoms with Gasteiger partial charge in [-0.15, -0.1) is 0 Å². The summed E-state index contributed by atoms with van der Waals surface area (Å²) in [5, 5.41) is 3.17. The van der Waals surface area contributed by atoms with Gasteiger partial charge in [0, 0.05) is 32.2 Å². The van der Waals surface area contributed by atoms with Gasteiger partial charge in [-0.3, -0.25) is 19.4 Å². The number of hydrogen-bond acceptors (Lipinski definition) is 5. The second-order valence-corrected chi connectivity index (χ2v) is 6.86. The Balaban J connectivity index is 1.35. The van der Waals surface area contributed by atoms with E-state index in [4.69, 9.17) is 4.42 Å². The largest absolute Gasteiger partial charge is 0.461 e. The maximum Gasteiger partial charge on any atom is 0.234 e. The molecule has 6 heteroatoms. The lowest BCUT2D eigenvalue weighted by Gasteiger charge is -2.34. The van der Waals surface area contributed by atoms with Crippen LogP contribution >= 0.6 is 0 Å². The fourth-order valence-electron chi connectivity index (χ4n) is 3.55. The van der Waals surface area contributed by atoms with Crippen LogP contribution in [0.1, 0.15) is 42.7 Å². The summed E-state index contributed by atoms with van der Waals surface area (Å²) in [4.78, 5) is 28.5. The molecule has 0 bridgehead atoms. The number of amides is 1. The number of carbonyl (C=O) groups is 2. The summed E-state index contributed by atoms with van der Waals surface area (Å²) in [5.41, 5.74) is 0. The molecule has 0 aromatic carbocycles. The zero-order valence-electron chi connectivity index (χ0n) is 14.2. The second kappa shape index (κ2) is 8.44. The van der Waals surface area contributed by atoms with Crippen LogP contribution in [0.25, 0.3) is 0 Å². The van der Waals surface area contributed by atoms with E-state index in [0.717, 1.165) is 39.0 Å². The van der Waals surface area contributed by atoms with Gasteiger partial charge in [-0.2, -0.15) is 0 Å². The molecule has 2 aliphatic rings. The normalized spacial score (nSPS) is 20.8. The lowest BCUT2D eigenvalue weighted by Crippen LogP contribution is -2.51. The van der Waals surface area contributed by atoms with Crippen LogP contribution in [0.3, 0.4) is 0 Å². The molecular weight excluding hydrogens is 306 g/mol. The third kappa shape index (κ3) is 4.92. The molecule has 0 spiro atoms. The highest BCUT2D eigenvalue weighted by atomic mass is 16.3. The number of carbonyl (C=O) groups excluding carboxylic acids is 2. The smallest absolute Gasteiger partial charge is 0.234 e. The SMILES string of the molecule is O=C(CN1CCN(CC(=O)c2ccco2)CC1)NC1CCCCC1. The van der Waals surface area contributed by atoms with Crippen LogP contribution in [0.2, 0.25) is 0 Å². The van der Waals surface area contributed by atoms with Crippen molar-refractivity contribution in [3.63, 3.8) is 0 Å². The maximum absolute atomic E-state index is 12.2. The first-order valence-corrected chi connectivity index (χ1v) is 9.01. The average molecular weight is 333 g/mol. The van der Waals surface area contributed by atoms with E-state index < -0.39 is 0 Å². The summed E-state index contributed by atoms with van der Waals surface area (Å²) in [6.07, 6.45) is 7.52. The topological polar surface area (TPSA) is 65.8 Å². The molecule has 0 atom stereocenters. The molecule has 1 aromatic heterocycles. The number of ketones is 1. The van der Waals surface area contributed by atoms with Crippen molar-refractivity contribution in [3.05, 3.63) is 24.2 Å². The molecule has 1 saturated carbocycles. The lowest BCUT2D eigenvalue weighted by molar-refractivity contribution is -0.123. The van der Waals surface area contributed by atoms with E-state index in [1.807, 2.05) is 0 Å². The number of nitrogens with zero attached hydrogens (tertiary/aromatic N) is 2. The first-order valence-electron chi connectivity index (χ1n) is 9.01. The van der Waals surface area contributed by atoms with E-state index in [2.05, 4.69) is 15.1 Å². The predicted molar refractivity (Wildman–Crippen MR) is 90.9 cm³/mol. The monoisotopic (exact) mass is 333 g/mol. The Morgan fingerprint density at radius 3 is 2.33 bits per heavy atom. The highest BCUT2D eigenvalue weighted by Crippen LogP contribution is 2.17. The molecule has 1 aromatic rings. The summed E-state index contributed by atoms with van der Waals surface area (Å²) in [6, 6.07) is 3.81. The van der Waals surface area contributed by atoms with E-state index in [9.17, 15) is 9.59 Å². The predicted octanol–water partition coefficient (Wildman–Crippen LogP) is 1.53. The number of furan rings is 1. The van der Waals surface area contributed by atoms with Gasteiger partial charge in [-0.1, -0.05) is 19.3 Å². The van der Waals surface area contributed by atoms with Crippen molar-refractivity contribution in [2.24, 2.45) is 0 Å². The van der Waals surface area contributed by atoms with Crippen molar-refractivity contribution in [1.29, 1.82) is 0 Å². The van der Waals surface area contributed by atoms with Crippen LogP contribution in [-0.2, 0) is 4.79 Å². The van der Waals surface area contributed by atoms with Gasteiger partial charge < -0.3 is 9.73 Å². The molecule has 2 fully saturated rings. The highest BCUT2D eigenvalue weighted by molar-refractivity contribution is 5.95. The second-order valence-electron chi connectivity index (χ2n) is 6.86. The quantitative estimate of drug-likeness (QED) is 0.800. The first-order chi connectivity index (χ1) is 11.7. The van der Waals surface area contributed by atoms with Crippen LogP contribution in [-0.4, -0.2) is 66.8 Å². The first kappa shape index (κ1) is 17.2. The minimum atomic E-state index is 0.0171. The minimum Gasteiger partial charge on any atom is -0.461 e. The van der Waals surface area contributed by atoms with Crippen LogP contribution < -0.4 is 5.32 Å². The van der Waals surface area contributed by atoms with Crippen molar-refractivity contribution in [1.82, 2.24) is 15.1 Å². The van der Waals surface area contributed by atoms with Crippen molar-refractivity contribution in [2.75, 3.05) is 39.3 Å². The number of Topliss-reactive ketones (excluding diaryl/α,β-unsaturated/α-hetero) is 1. The molecule has 132 valence electrons. The molecule has 1 aliphatic carbocycles. The van der Waals surface area contributed by atoms with Gasteiger partial charge in [0.2, 0.25) is 11.7 Å². The van der Waals surface area contributed by atoms with Gasteiger partial charge in [0.15, 0.2) is 5.76 Å². The molecule has 1 N–H and O–H groups in total. The van der Waals surface area contributed by atoms with E-state index in [1.54, 1.807) is 12.1 Å². The summed E-state index contributed by atoms with van der Waals surface area (Å²) in [7, 11) is 0. The van der Waals surface area contributed by atoms with Crippen molar-refractivity contribution in [2.45, 2.75) is 38.1 Å². The molecule has 0 unspecified atom stereocenters. The Morgan fingerprint density at radius 2 is 1.71 bits per heavy atom. The van der Waals surface area contributed by atoms with Gasteiger partial charge in [0.25, 0.3) is 0 Å². The zero-order valence-corrected chi connectivity index (χ0v) is 14.2. The van der Waals surface area contributed by atoms with Crippen molar-refractivity contribution >= 4 is 11.7 Å². The third-order valence-electron chi connectivity index (χ3n) is 4.97. The fraction of sp³-hybridized carbons (Fsp3) is 0.667. The van der Waals surface area contributed by atoms with Crippen LogP contribution in [0, 0.1) is 0 Å². The number of hydrogen-bond donors (Lipinski definition) is 1. The number of piperazine rings is 1. The standard InChI is InChI=1S/C18H27N3O3/c22-16(17-7-4-12-24-17)13-20-8-10-21(11-9-20)14-18(23)19-15-5-2-1-3-6-15/h4,7,12,15H,1-3,5-6,8-11,13-14H2,(H,19,23). The summed E-state index contributed by atoms with van der Waals surface area (Å²) < 4.78 is 5.14. The molecule has 0 radical (unpaired) electrons. The summed E-state index contributed by atoms with van der Waals surface area (Å²) >= 11 is 0. The van der Waals surface area contributed by atoms with Gasteiger partial charge in [-0.25, -0.2) is 0 Å². The molecule has 1 aliphatic heterocycles. The Kier molecular flexibility index (Phi) is 6.04. The minimum absolute atomic E-state index is 0.0171. The Morgan fingerprint density at radius 1 is 1.04 bits per heavy atom. The van der Waals surface area contributed by atoms with Crippen LogP contribution in [0.15, 0.2) is 22.8 Å². The van der Waals surface area contributed by atoms with E-state index in [-0.39, 0.29) is 11.7 Å². The molecule has 1 saturated heterocycles. The Labute approximate surface area is 143 Å². The average Bonchev–Trinajstić information content (AvgIpc) is 3.12. The van der Waals surface area contributed by atoms with Crippen LogP contribution in [0.4, 0.5) is 0 Å². The Hall–Kier alpha value is -1.66. The summed E-state index contributed by atoms with van der Waals surface area (Å²) in [6.45, 7) is 4.12. The van der Waals surface area contributed by atoms with Gasteiger partial charge in [0.05, 0.1) is 19.4 Å². The lowest BCUT2D eigenvalue weighted by atomic mass is 9.95. The number of nitrogens with one attached hydrogen (secondary N) is 1. The van der Waals surface area contributed by atoms with Gasteiger partial charge in [-0.05, 0) is 25.0 Å². The molecule has 1 amide bonds. The van der Waals surface area contributed by atoms with Gasteiger partial charge >= 0.3 is 0 Å². The van der Waals surface area contributed by atoms with Crippen molar-refractivity contribution < 1.29 is 14.0 Å². The molecule has 6 nitrogen and oxygen atoms in total. The highest BCUT2D eigenvalue weighted by Gasteiger charge is 2.23. The van der Waals surface area contributed by atoms with Gasteiger partial charge in [0.1, 0.15) is 0 Å². The van der Waals surface area contributed by atoms with E-state index in [1.165, 1.54) is 25.5 Å². The van der Waals surface area contributed by atoms with E-state index in [0.29, 0.717) is 24.9 Å². The molecular formula is C18H27N3O3. The summed E-state index contributed by atoms with van der Waals surface area (Å²) in [5.74, 6) is 0.579. The van der Waals surface area contributed by atoms with Crippen molar-refractivity contribution in [3.8, 4) is 0 Å². The van der Waals surface area contributed by atoms with Crippen LogP contribution in [0.5, 0.6) is 0 Å². The molecule has 24 heavy (non-hydrogen) atoms. The molecule has 3 rings (SSSR count). The van der Waals surface area contributed by atoms with E-state index >= 15 is 0 Å². The number of rotatable bonds is 6. The third-order valence-corrected chi connectivity index (χ3v) is 4.97.